The van der Waals surface area contributed by atoms with E-state index in [1.165, 1.54) is 0 Å². The largest absolute Gasteiger partial charge is 3.00 e. The first-order valence-corrected chi connectivity index (χ1v) is 9.92. The monoisotopic (exact) mass is 575 g/mol. The summed E-state index contributed by atoms with van der Waals surface area (Å²) in [7, 11) is 7.16. The van der Waals surface area contributed by atoms with Crippen LogP contribution < -0.4 is 11.5 Å². The van der Waals surface area contributed by atoms with Gasteiger partial charge in [-0.05, 0) is 24.3 Å². The summed E-state index contributed by atoms with van der Waals surface area (Å²) in [6, 6.07) is 10.8. The zero-order valence-electron chi connectivity index (χ0n) is 19.4. The Hall–Kier alpha value is -3.54. The summed E-state index contributed by atoms with van der Waals surface area (Å²) in [4.78, 5) is 19.6. The predicted octanol–water partition coefficient (Wildman–Crippen LogP) is -0.287. The summed E-state index contributed by atoms with van der Waals surface area (Å²) in [5.41, 5.74) is 12.5. The van der Waals surface area contributed by atoms with E-state index < -0.39 is 5.09 Å². The van der Waals surface area contributed by atoms with Crippen LogP contribution in [0.3, 0.4) is 0 Å². The second-order valence-electron chi connectivity index (χ2n) is 6.18. The van der Waals surface area contributed by atoms with Gasteiger partial charge in [-0.15, -0.1) is 10.2 Å². The van der Waals surface area contributed by atoms with E-state index in [0.29, 0.717) is 21.7 Å². The van der Waals surface area contributed by atoms with Crippen LogP contribution in [-0.2, 0) is 25.3 Å². The number of nitrogens with zero attached hydrogens (tertiary/aromatic N) is 9. The standard InChI is InChI=1S/2C9H13N5S.Ga.NO3/c2*1-14(2)9(15)13-12-8(10)7-5-3-4-6-11-7;;2-1(3)4/h2*3-6H,1-2H3,(H2,10,12)(H,13,15);;/q;;+3;-1/p-2. The van der Waals surface area contributed by atoms with Crippen LogP contribution >= 0.6 is 0 Å². The molecule has 2 heterocycles. The van der Waals surface area contributed by atoms with Crippen molar-refractivity contribution >= 4 is 67.1 Å². The van der Waals surface area contributed by atoms with Gasteiger partial charge in [0.25, 0.3) is 0 Å². The molecule has 0 aliphatic heterocycles. The maximum Gasteiger partial charge on any atom is 3.00 e. The van der Waals surface area contributed by atoms with E-state index in [1.807, 2.05) is 12.1 Å². The molecule has 0 aliphatic rings. The Labute approximate surface area is 226 Å². The quantitative estimate of drug-likeness (QED) is 0.121. The summed E-state index contributed by atoms with van der Waals surface area (Å²) >= 11 is 9.85. The number of pyridine rings is 2. The SMILES string of the molecule is CN(C)/C([S-])=N/N=C(\N)c1ccccn1.CN(C)/C([S-])=N/N=C(\N)c1ccccn1.O=[N+]([O-])[O-].[Ga+3]. The van der Waals surface area contributed by atoms with E-state index >= 15 is 0 Å². The molecule has 0 saturated carbocycles. The number of amidine groups is 4. The third kappa shape index (κ3) is 16.7. The van der Waals surface area contributed by atoms with Crippen molar-refractivity contribution in [3.63, 3.8) is 0 Å². The first-order chi connectivity index (χ1) is 16.0. The molecule has 0 bridgehead atoms. The van der Waals surface area contributed by atoms with Crippen LogP contribution in [0.4, 0.5) is 0 Å². The van der Waals surface area contributed by atoms with E-state index in [-0.39, 0.29) is 31.5 Å². The predicted molar refractivity (Wildman–Crippen MR) is 143 cm³/mol. The number of nitrogens with two attached hydrogens (primary N) is 2. The van der Waals surface area contributed by atoms with Gasteiger partial charge in [0.1, 0.15) is 11.4 Å². The number of hydrogen-bond acceptors (Lipinski definition) is 11. The molecule has 0 atom stereocenters. The van der Waals surface area contributed by atoms with Crippen molar-refractivity contribution in [2.24, 2.45) is 31.9 Å². The smallest absolute Gasteiger partial charge is 0.741 e. The maximum absolute atomic E-state index is 8.25. The van der Waals surface area contributed by atoms with Crippen molar-refractivity contribution in [1.29, 1.82) is 0 Å². The Kier molecular flexibility index (Phi) is 18.1. The van der Waals surface area contributed by atoms with Crippen LogP contribution in [0.1, 0.15) is 11.4 Å². The molecular weight excluding hydrogens is 552 g/mol. The molecule has 17 heteroatoms. The van der Waals surface area contributed by atoms with E-state index in [2.05, 4.69) is 30.4 Å². The van der Waals surface area contributed by atoms with Crippen molar-refractivity contribution in [3.05, 3.63) is 75.5 Å². The average molecular weight is 576 g/mol. The van der Waals surface area contributed by atoms with Crippen LogP contribution in [0.5, 0.6) is 0 Å². The zero-order valence-corrected chi connectivity index (χ0v) is 23.5. The molecule has 0 aromatic carbocycles. The van der Waals surface area contributed by atoms with Crippen molar-refractivity contribution in [2.75, 3.05) is 28.2 Å². The van der Waals surface area contributed by atoms with Crippen molar-refractivity contribution < 1.29 is 5.09 Å². The molecule has 4 N–H and O–H groups in total. The fraction of sp³-hybridized carbons (Fsp3) is 0.222. The van der Waals surface area contributed by atoms with E-state index in [4.69, 9.17) is 52.0 Å². The minimum atomic E-state index is -1.75. The van der Waals surface area contributed by atoms with Gasteiger partial charge in [-0.25, -0.2) is 0 Å². The van der Waals surface area contributed by atoms with E-state index in [1.54, 1.807) is 74.6 Å². The van der Waals surface area contributed by atoms with Crippen LogP contribution in [0, 0.1) is 15.3 Å². The van der Waals surface area contributed by atoms with Gasteiger partial charge in [0, 0.05) is 50.9 Å². The van der Waals surface area contributed by atoms with Crippen LogP contribution in [0.25, 0.3) is 0 Å². The van der Waals surface area contributed by atoms with Crippen molar-refractivity contribution in [3.8, 4) is 0 Å². The molecular formula is C18H24GaN11O3S2. The summed E-state index contributed by atoms with van der Waals surface area (Å²) in [5.74, 6) is 0.500. The molecule has 2 rings (SSSR count). The first kappa shape index (κ1) is 33.6. The second kappa shape index (κ2) is 18.8. The molecule has 0 amide bonds. The van der Waals surface area contributed by atoms with Gasteiger partial charge in [-0.2, -0.15) is 10.2 Å². The Bertz CT molecular complexity index is 926. The van der Waals surface area contributed by atoms with Crippen LogP contribution in [0.15, 0.2) is 69.2 Å². The molecule has 0 saturated heterocycles. The third-order valence-electron chi connectivity index (χ3n) is 3.11. The molecule has 2 aromatic rings. The van der Waals surface area contributed by atoms with Crippen LogP contribution in [0.2, 0.25) is 0 Å². The molecule has 184 valence electrons. The summed E-state index contributed by atoms with van der Waals surface area (Å²) in [5, 5.41) is 30.6. The summed E-state index contributed by atoms with van der Waals surface area (Å²) < 4.78 is 0. The first-order valence-electron chi connectivity index (χ1n) is 9.10. The summed E-state index contributed by atoms with van der Waals surface area (Å²) in [6.07, 6.45) is 3.28. The van der Waals surface area contributed by atoms with Gasteiger partial charge < -0.3 is 61.8 Å². The van der Waals surface area contributed by atoms with Crippen molar-refractivity contribution in [1.82, 2.24) is 19.8 Å². The summed E-state index contributed by atoms with van der Waals surface area (Å²) in [6.45, 7) is 0. The topological polar surface area (TPSA) is 200 Å². The molecule has 0 radical (unpaired) electrons. The molecule has 0 aliphatic carbocycles. The van der Waals surface area contributed by atoms with Crippen LogP contribution in [-0.4, -0.2) is 94.8 Å². The van der Waals surface area contributed by atoms with Gasteiger partial charge in [-0.1, -0.05) is 12.1 Å². The molecule has 0 spiro atoms. The molecule has 14 nitrogen and oxygen atoms in total. The average Bonchev–Trinajstić information content (AvgIpc) is 2.81. The Morgan fingerprint density at radius 1 is 0.800 bits per heavy atom. The Morgan fingerprint density at radius 2 is 1.11 bits per heavy atom. The van der Waals surface area contributed by atoms with Gasteiger partial charge in [-0.3, -0.25) is 9.97 Å². The number of rotatable bonds is 4. The minimum absolute atomic E-state index is 0. The molecule has 0 unspecified atom stereocenters. The molecule has 2 aromatic heterocycles. The fourth-order valence-electron chi connectivity index (χ4n) is 1.50. The fourth-order valence-corrected chi connectivity index (χ4v) is 1.58. The maximum atomic E-state index is 8.25. The third-order valence-corrected chi connectivity index (χ3v) is 4.00. The van der Waals surface area contributed by atoms with Gasteiger partial charge in [0.15, 0.2) is 11.7 Å². The van der Waals surface area contributed by atoms with Gasteiger partial charge in [0.05, 0.1) is 5.09 Å². The van der Waals surface area contributed by atoms with E-state index in [9.17, 15) is 0 Å². The normalized spacial score (nSPS) is 11.5. The number of aromatic nitrogens is 2. The van der Waals surface area contributed by atoms with Gasteiger partial charge >= 0.3 is 19.8 Å². The zero-order chi connectivity index (χ0) is 26.1. The van der Waals surface area contributed by atoms with Gasteiger partial charge in [0.2, 0.25) is 0 Å². The number of hydrogen-bond donors (Lipinski definition) is 2. The molecule has 0 fully saturated rings. The van der Waals surface area contributed by atoms with E-state index in [0.717, 1.165) is 0 Å². The minimum Gasteiger partial charge on any atom is -0.741 e. The second-order valence-corrected chi connectivity index (χ2v) is 6.91. The Balaban J connectivity index is 0. The molecule has 35 heavy (non-hydrogen) atoms. The Morgan fingerprint density at radius 3 is 1.34 bits per heavy atom. The van der Waals surface area contributed by atoms with Crippen molar-refractivity contribution in [2.45, 2.75) is 0 Å².